The van der Waals surface area contributed by atoms with E-state index in [1.165, 1.54) is 37.7 Å². The van der Waals surface area contributed by atoms with Crippen molar-refractivity contribution >= 4 is 17.5 Å². The van der Waals surface area contributed by atoms with Crippen LogP contribution in [0.1, 0.15) is 54.1 Å². The molecule has 1 saturated carbocycles. The number of ether oxygens (including phenoxy) is 1. The molecule has 1 amide bonds. The molecular formula is C25H26ClNO3. The van der Waals surface area contributed by atoms with Crippen LogP contribution < -0.4 is 10.1 Å². The zero-order valence-corrected chi connectivity index (χ0v) is 17.7. The van der Waals surface area contributed by atoms with Gasteiger partial charge in [0.25, 0.3) is 5.91 Å². The van der Waals surface area contributed by atoms with Crippen LogP contribution in [0.4, 0.5) is 0 Å². The van der Waals surface area contributed by atoms with Crippen LogP contribution in [0, 0.1) is 0 Å². The molecule has 1 fully saturated rings. The minimum atomic E-state index is -0.258. The number of nitrogens with one attached hydrogen (secondary N) is 1. The first-order valence-corrected chi connectivity index (χ1v) is 10.9. The van der Waals surface area contributed by atoms with Crippen molar-refractivity contribution in [2.45, 2.75) is 38.0 Å². The van der Waals surface area contributed by atoms with Gasteiger partial charge in [0, 0.05) is 10.6 Å². The summed E-state index contributed by atoms with van der Waals surface area (Å²) in [6, 6.07) is 19.1. The highest BCUT2D eigenvalue weighted by molar-refractivity contribution is 6.30. The van der Waals surface area contributed by atoms with E-state index in [1.54, 1.807) is 24.3 Å². The van der Waals surface area contributed by atoms with Crippen molar-refractivity contribution < 1.29 is 13.9 Å². The smallest absolute Gasteiger partial charge is 0.287 e. The third-order valence-electron chi connectivity index (χ3n) is 5.57. The van der Waals surface area contributed by atoms with Crippen molar-refractivity contribution in [2.75, 3.05) is 13.2 Å². The monoisotopic (exact) mass is 423 g/mol. The molecule has 4 nitrogen and oxygen atoms in total. The van der Waals surface area contributed by atoms with E-state index in [9.17, 15) is 4.79 Å². The van der Waals surface area contributed by atoms with Gasteiger partial charge >= 0.3 is 0 Å². The number of halogens is 1. The van der Waals surface area contributed by atoms with Crippen LogP contribution in [-0.2, 0) is 0 Å². The van der Waals surface area contributed by atoms with E-state index in [0.29, 0.717) is 29.9 Å². The van der Waals surface area contributed by atoms with Crippen molar-refractivity contribution in [2.24, 2.45) is 0 Å². The SMILES string of the molecule is O=C(NCCOc1ccc(C2CCCCC2)cc1)c1ccc(-c2ccc(Cl)cc2)o1. The quantitative estimate of drug-likeness (QED) is 0.444. The van der Waals surface area contributed by atoms with Crippen molar-refractivity contribution in [3.05, 3.63) is 77.0 Å². The first-order chi connectivity index (χ1) is 14.7. The van der Waals surface area contributed by atoms with E-state index in [0.717, 1.165) is 11.3 Å². The summed E-state index contributed by atoms with van der Waals surface area (Å²) in [5.74, 6) is 2.17. The zero-order chi connectivity index (χ0) is 20.8. The van der Waals surface area contributed by atoms with Crippen molar-refractivity contribution in [3.63, 3.8) is 0 Å². The second kappa shape index (κ2) is 9.86. The molecule has 30 heavy (non-hydrogen) atoms. The average molecular weight is 424 g/mol. The lowest BCUT2D eigenvalue weighted by Crippen LogP contribution is -2.27. The summed E-state index contributed by atoms with van der Waals surface area (Å²) >= 11 is 5.91. The van der Waals surface area contributed by atoms with Gasteiger partial charge in [0.05, 0.1) is 6.54 Å². The number of rotatable bonds is 7. The highest BCUT2D eigenvalue weighted by Crippen LogP contribution is 2.33. The molecule has 0 aliphatic heterocycles. The number of carbonyl (C=O) groups excluding carboxylic acids is 1. The van der Waals surface area contributed by atoms with Gasteiger partial charge in [-0.2, -0.15) is 0 Å². The normalized spacial score (nSPS) is 14.4. The molecule has 0 bridgehead atoms. The van der Waals surface area contributed by atoms with E-state index in [1.807, 2.05) is 24.3 Å². The maximum Gasteiger partial charge on any atom is 0.287 e. The molecule has 3 aromatic rings. The molecule has 0 atom stereocenters. The predicted molar refractivity (Wildman–Crippen MR) is 119 cm³/mol. The number of amides is 1. The first kappa shape index (κ1) is 20.5. The lowest BCUT2D eigenvalue weighted by atomic mass is 9.84. The van der Waals surface area contributed by atoms with Crippen LogP contribution in [0.5, 0.6) is 5.75 Å². The fourth-order valence-corrected chi connectivity index (χ4v) is 4.05. The number of furan rings is 1. The van der Waals surface area contributed by atoms with Crippen molar-refractivity contribution in [3.8, 4) is 17.1 Å². The Morgan fingerprint density at radius 2 is 1.70 bits per heavy atom. The fourth-order valence-electron chi connectivity index (χ4n) is 3.92. The van der Waals surface area contributed by atoms with Crippen molar-refractivity contribution in [1.29, 1.82) is 0 Å². The van der Waals surface area contributed by atoms with Crippen LogP contribution >= 0.6 is 11.6 Å². The number of hydrogen-bond donors (Lipinski definition) is 1. The summed E-state index contributed by atoms with van der Waals surface area (Å²) in [5.41, 5.74) is 2.28. The maximum atomic E-state index is 12.3. The summed E-state index contributed by atoms with van der Waals surface area (Å²) in [6.45, 7) is 0.805. The molecule has 1 aromatic heterocycles. The Labute approximate surface area is 182 Å². The third-order valence-corrected chi connectivity index (χ3v) is 5.82. The molecule has 2 aromatic carbocycles. The summed E-state index contributed by atoms with van der Waals surface area (Å²) in [5, 5.41) is 3.49. The van der Waals surface area contributed by atoms with Gasteiger partial charge < -0.3 is 14.5 Å². The molecule has 0 spiro atoms. The Bertz CT molecular complexity index is 957. The van der Waals surface area contributed by atoms with Gasteiger partial charge in [-0.1, -0.05) is 43.0 Å². The van der Waals surface area contributed by atoms with E-state index in [4.69, 9.17) is 20.8 Å². The molecule has 0 unspecified atom stereocenters. The Hall–Kier alpha value is -2.72. The second-order valence-electron chi connectivity index (χ2n) is 7.68. The summed E-state index contributed by atoms with van der Waals surface area (Å²) in [4.78, 5) is 12.3. The molecule has 1 heterocycles. The molecule has 1 aliphatic carbocycles. The summed E-state index contributed by atoms with van der Waals surface area (Å²) < 4.78 is 11.4. The Morgan fingerprint density at radius 1 is 0.967 bits per heavy atom. The molecular weight excluding hydrogens is 398 g/mol. The second-order valence-corrected chi connectivity index (χ2v) is 8.12. The topological polar surface area (TPSA) is 51.5 Å². The Kier molecular flexibility index (Phi) is 6.75. The lowest BCUT2D eigenvalue weighted by molar-refractivity contribution is 0.0920. The first-order valence-electron chi connectivity index (χ1n) is 10.6. The van der Waals surface area contributed by atoms with Crippen LogP contribution in [0.25, 0.3) is 11.3 Å². The van der Waals surface area contributed by atoms with Gasteiger partial charge in [-0.3, -0.25) is 4.79 Å². The molecule has 1 aliphatic rings. The van der Waals surface area contributed by atoms with Gasteiger partial charge in [0.2, 0.25) is 0 Å². The fraction of sp³-hybridized carbons (Fsp3) is 0.320. The maximum absolute atomic E-state index is 12.3. The Balaban J connectivity index is 1.22. The lowest BCUT2D eigenvalue weighted by Gasteiger charge is -2.22. The highest BCUT2D eigenvalue weighted by Gasteiger charge is 2.15. The van der Waals surface area contributed by atoms with Crippen LogP contribution in [0.2, 0.25) is 5.02 Å². The van der Waals surface area contributed by atoms with Crippen LogP contribution in [0.15, 0.2) is 65.1 Å². The largest absolute Gasteiger partial charge is 0.492 e. The van der Waals surface area contributed by atoms with E-state index >= 15 is 0 Å². The van der Waals surface area contributed by atoms with Crippen LogP contribution in [0.3, 0.4) is 0 Å². The Morgan fingerprint density at radius 3 is 2.43 bits per heavy atom. The molecule has 1 N–H and O–H groups in total. The van der Waals surface area contributed by atoms with Crippen LogP contribution in [-0.4, -0.2) is 19.1 Å². The predicted octanol–water partition coefficient (Wildman–Crippen LogP) is 6.46. The molecule has 0 saturated heterocycles. The summed E-state index contributed by atoms with van der Waals surface area (Å²) in [7, 11) is 0. The molecule has 0 radical (unpaired) electrons. The molecule has 5 heteroatoms. The van der Waals surface area contributed by atoms with Gasteiger partial charge in [-0.15, -0.1) is 0 Å². The van der Waals surface area contributed by atoms with Gasteiger partial charge in [-0.25, -0.2) is 0 Å². The van der Waals surface area contributed by atoms with E-state index in [2.05, 4.69) is 17.4 Å². The van der Waals surface area contributed by atoms with Gasteiger partial charge in [0.1, 0.15) is 18.1 Å². The summed E-state index contributed by atoms with van der Waals surface area (Å²) in [6.07, 6.45) is 6.61. The van der Waals surface area contributed by atoms with Gasteiger partial charge in [0.15, 0.2) is 5.76 Å². The standard InChI is InChI=1S/C25H26ClNO3/c26-21-10-6-20(7-11-21)23-14-15-24(30-23)25(28)27-16-17-29-22-12-8-19(9-13-22)18-4-2-1-3-5-18/h6-15,18H,1-5,16-17H2,(H,27,28). The average Bonchev–Trinajstić information content (AvgIpc) is 3.28. The highest BCUT2D eigenvalue weighted by atomic mass is 35.5. The minimum Gasteiger partial charge on any atom is -0.492 e. The number of hydrogen-bond acceptors (Lipinski definition) is 3. The zero-order valence-electron chi connectivity index (χ0n) is 16.9. The number of carbonyl (C=O) groups is 1. The minimum absolute atomic E-state index is 0.258. The van der Waals surface area contributed by atoms with Gasteiger partial charge in [-0.05, 0) is 72.9 Å². The molecule has 4 rings (SSSR count). The number of benzene rings is 2. The van der Waals surface area contributed by atoms with Crippen molar-refractivity contribution in [1.82, 2.24) is 5.32 Å². The van der Waals surface area contributed by atoms with E-state index < -0.39 is 0 Å². The molecule has 156 valence electrons. The third kappa shape index (κ3) is 5.25. The van der Waals surface area contributed by atoms with E-state index in [-0.39, 0.29) is 11.7 Å².